The standard InChI is InChI=1S/C14H23NS/c1-4-5-6-9-16-14-8-7-13(11-15-3)12(2)10-14/h7-8,10,15H,4-6,9,11H2,1-3H3. The Morgan fingerprint density at radius 3 is 2.69 bits per heavy atom. The zero-order valence-corrected chi connectivity index (χ0v) is 11.5. The van der Waals surface area contributed by atoms with Crippen LogP contribution in [0.1, 0.15) is 37.3 Å². The van der Waals surface area contributed by atoms with Gasteiger partial charge in [0, 0.05) is 11.4 Å². The Hall–Kier alpha value is -0.470. The van der Waals surface area contributed by atoms with Crippen molar-refractivity contribution in [3.8, 4) is 0 Å². The maximum Gasteiger partial charge on any atom is 0.0205 e. The lowest BCUT2D eigenvalue weighted by Crippen LogP contribution is -2.06. The smallest absolute Gasteiger partial charge is 0.0205 e. The Morgan fingerprint density at radius 2 is 2.06 bits per heavy atom. The molecule has 0 bridgehead atoms. The van der Waals surface area contributed by atoms with Crippen LogP contribution in [-0.2, 0) is 6.54 Å². The molecule has 1 aromatic rings. The van der Waals surface area contributed by atoms with E-state index in [4.69, 9.17) is 0 Å². The minimum atomic E-state index is 0.965. The Balaban J connectivity index is 2.46. The average molecular weight is 237 g/mol. The lowest BCUT2D eigenvalue weighted by atomic mass is 10.1. The van der Waals surface area contributed by atoms with Gasteiger partial charge < -0.3 is 5.32 Å². The molecule has 1 N–H and O–H groups in total. The van der Waals surface area contributed by atoms with Gasteiger partial charge >= 0.3 is 0 Å². The van der Waals surface area contributed by atoms with Crippen LogP contribution in [0.15, 0.2) is 23.1 Å². The molecule has 1 aromatic carbocycles. The van der Waals surface area contributed by atoms with Gasteiger partial charge in [0.15, 0.2) is 0 Å². The first kappa shape index (κ1) is 13.6. The first-order valence-corrected chi connectivity index (χ1v) is 7.13. The maximum absolute atomic E-state index is 3.20. The molecule has 1 rings (SSSR count). The maximum atomic E-state index is 3.20. The van der Waals surface area contributed by atoms with Crippen molar-refractivity contribution in [2.75, 3.05) is 12.8 Å². The van der Waals surface area contributed by atoms with Gasteiger partial charge in [0.25, 0.3) is 0 Å². The first-order chi connectivity index (χ1) is 7.77. The van der Waals surface area contributed by atoms with E-state index in [-0.39, 0.29) is 0 Å². The summed E-state index contributed by atoms with van der Waals surface area (Å²) in [4.78, 5) is 1.41. The van der Waals surface area contributed by atoms with Crippen molar-refractivity contribution < 1.29 is 0 Å². The minimum Gasteiger partial charge on any atom is -0.316 e. The third-order valence-corrected chi connectivity index (χ3v) is 3.78. The number of nitrogens with one attached hydrogen (secondary N) is 1. The van der Waals surface area contributed by atoms with Crippen molar-refractivity contribution >= 4 is 11.8 Å². The number of unbranched alkanes of at least 4 members (excludes halogenated alkanes) is 2. The van der Waals surface area contributed by atoms with Crippen molar-refractivity contribution in [1.82, 2.24) is 5.32 Å². The predicted octanol–water partition coefficient (Wildman–Crippen LogP) is 4.00. The van der Waals surface area contributed by atoms with Crippen molar-refractivity contribution in [2.45, 2.75) is 44.6 Å². The predicted molar refractivity (Wildman–Crippen MR) is 74.2 cm³/mol. The number of rotatable bonds is 7. The molecule has 0 spiro atoms. The van der Waals surface area contributed by atoms with Gasteiger partial charge in [0.1, 0.15) is 0 Å². The molecule has 0 unspecified atom stereocenters. The van der Waals surface area contributed by atoms with Crippen LogP contribution in [0.3, 0.4) is 0 Å². The molecule has 0 aromatic heterocycles. The third-order valence-electron chi connectivity index (χ3n) is 2.70. The van der Waals surface area contributed by atoms with Crippen LogP contribution in [-0.4, -0.2) is 12.8 Å². The van der Waals surface area contributed by atoms with E-state index in [2.05, 4.69) is 37.4 Å². The fourth-order valence-electron chi connectivity index (χ4n) is 1.69. The zero-order chi connectivity index (χ0) is 11.8. The van der Waals surface area contributed by atoms with Gasteiger partial charge in [-0.3, -0.25) is 0 Å². The normalized spacial score (nSPS) is 10.7. The van der Waals surface area contributed by atoms with Crippen LogP contribution in [0.5, 0.6) is 0 Å². The number of hydrogen-bond acceptors (Lipinski definition) is 2. The van der Waals surface area contributed by atoms with Gasteiger partial charge in [-0.15, -0.1) is 11.8 Å². The summed E-state index contributed by atoms with van der Waals surface area (Å²) >= 11 is 1.98. The van der Waals surface area contributed by atoms with Gasteiger partial charge in [-0.1, -0.05) is 25.8 Å². The van der Waals surface area contributed by atoms with E-state index in [1.54, 1.807) is 0 Å². The summed E-state index contributed by atoms with van der Waals surface area (Å²) in [6.45, 7) is 5.41. The second-order valence-corrected chi connectivity index (χ2v) is 5.34. The van der Waals surface area contributed by atoms with Crippen molar-refractivity contribution in [3.63, 3.8) is 0 Å². The van der Waals surface area contributed by atoms with E-state index >= 15 is 0 Å². The molecule has 0 saturated heterocycles. The molecule has 0 aliphatic carbocycles. The molecule has 0 amide bonds. The molecule has 0 aliphatic rings. The lowest BCUT2D eigenvalue weighted by molar-refractivity contribution is 0.778. The molecule has 0 heterocycles. The van der Waals surface area contributed by atoms with Gasteiger partial charge in [-0.05, 0) is 49.4 Å². The Morgan fingerprint density at radius 1 is 1.25 bits per heavy atom. The van der Waals surface area contributed by atoms with Crippen LogP contribution < -0.4 is 5.32 Å². The summed E-state index contributed by atoms with van der Waals surface area (Å²) in [5.41, 5.74) is 2.80. The van der Waals surface area contributed by atoms with E-state index in [9.17, 15) is 0 Å². The summed E-state index contributed by atoms with van der Waals surface area (Å²) in [6.07, 6.45) is 3.99. The largest absolute Gasteiger partial charge is 0.316 e. The van der Waals surface area contributed by atoms with Crippen LogP contribution in [0.25, 0.3) is 0 Å². The summed E-state index contributed by atoms with van der Waals surface area (Å²) in [5, 5.41) is 3.20. The molecular weight excluding hydrogens is 214 g/mol. The molecule has 2 heteroatoms. The van der Waals surface area contributed by atoms with Crippen molar-refractivity contribution in [3.05, 3.63) is 29.3 Å². The number of aryl methyl sites for hydroxylation is 1. The Bertz CT molecular complexity index is 310. The van der Waals surface area contributed by atoms with Crippen LogP contribution >= 0.6 is 11.8 Å². The monoisotopic (exact) mass is 237 g/mol. The topological polar surface area (TPSA) is 12.0 Å². The van der Waals surface area contributed by atoms with E-state index in [1.807, 2.05) is 18.8 Å². The van der Waals surface area contributed by atoms with Crippen molar-refractivity contribution in [1.29, 1.82) is 0 Å². The summed E-state index contributed by atoms with van der Waals surface area (Å²) in [5.74, 6) is 1.25. The Kier molecular flexibility index (Phi) is 6.58. The molecule has 0 aliphatic heterocycles. The molecule has 0 radical (unpaired) electrons. The highest BCUT2D eigenvalue weighted by Crippen LogP contribution is 2.22. The molecule has 0 saturated carbocycles. The molecule has 0 atom stereocenters. The number of thioether (sulfide) groups is 1. The second-order valence-electron chi connectivity index (χ2n) is 4.17. The first-order valence-electron chi connectivity index (χ1n) is 6.15. The highest BCUT2D eigenvalue weighted by atomic mass is 32.2. The van der Waals surface area contributed by atoms with Crippen LogP contribution in [0.2, 0.25) is 0 Å². The highest BCUT2D eigenvalue weighted by molar-refractivity contribution is 7.99. The SMILES string of the molecule is CCCCCSc1ccc(CNC)c(C)c1. The fraction of sp³-hybridized carbons (Fsp3) is 0.571. The van der Waals surface area contributed by atoms with Crippen LogP contribution in [0, 0.1) is 6.92 Å². The van der Waals surface area contributed by atoms with E-state index in [0.29, 0.717) is 0 Å². The molecule has 1 nitrogen and oxygen atoms in total. The van der Waals surface area contributed by atoms with Gasteiger partial charge in [0.2, 0.25) is 0 Å². The van der Waals surface area contributed by atoms with Gasteiger partial charge in [-0.2, -0.15) is 0 Å². The van der Waals surface area contributed by atoms with Gasteiger partial charge in [0.05, 0.1) is 0 Å². The summed E-state index contributed by atoms with van der Waals surface area (Å²) in [7, 11) is 1.99. The molecule has 0 fully saturated rings. The number of hydrogen-bond donors (Lipinski definition) is 1. The summed E-state index contributed by atoms with van der Waals surface area (Å²) in [6, 6.07) is 6.80. The summed E-state index contributed by atoms with van der Waals surface area (Å²) < 4.78 is 0. The van der Waals surface area contributed by atoms with Crippen LogP contribution in [0.4, 0.5) is 0 Å². The molecule has 16 heavy (non-hydrogen) atoms. The van der Waals surface area contributed by atoms with Gasteiger partial charge in [-0.25, -0.2) is 0 Å². The third kappa shape index (κ3) is 4.58. The lowest BCUT2D eigenvalue weighted by Gasteiger charge is -2.07. The average Bonchev–Trinajstić information content (AvgIpc) is 2.28. The fourth-order valence-corrected chi connectivity index (χ4v) is 2.70. The van der Waals surface area contributed by atoms with E-state index in [0.717, 1.165) is 6.54 Å². The Labute approximate surface area is 104 Å². The van der Waals surface area contributed by atoms with E-state index < -0.39 is 0 Å². The highest BCUT2D eigenvalue weighted by Gasteiger charge is 1.99. The second kappa shape index (κ2) is 7.75. The molecular formula is C14H23NS. The van der Waals surface area contributed by atoms with E-state index in [1.165, 1.54) is 41.0 Å². The quantitative estimate of drug-likeness (QED) is 0.568. The minimum absolute atomic E-state index is 0.965. The molecule has 90 valence electrons. The zero-order valence-electron chi connectivity index (χ0n) is 10.7. The number of benzene rings is 1. The van der Waals surface area contributed by atoms with Crippen molar-refractivity contribution in [2.24, 2.45) is 0 Å².